The lowest BCUT2D eigenvalue weighted by Crippen LogP contribution is -2.00. The van der Waals surface area contributed by atoms with Crippen LogP contribution in [0.4, 0.5) is 0 Å². The van der Waals surface area contributed by atoms with E-state index in [1.165, 1.54) is 0 Å². The molecule has 0 radical (unpaired) electrons. The Morgan fingerprint density at radius 2 is 0.880 bits per heavy atom. The third kappa shape index (κ3) is 8.27. The molecule has 1 N–H and O–H groups in total. The van der Waals surface area contributed by atoms with E-state index in [-0.39, 0.29) is 6.61 Å². The van der Waals surface area contributed by atoms with Gasteiger partial charge in [0.1, 0.15) is 6.79 Å². The number of ether oxygens (including phenoxy) is 2. The van der Waals surface area contributed by atoms with Gasteiger partial charge in [-0.25, -0.2) is 0 Å². The van der Waals surface area contributed by atoms with Crippen molar-refractivity contribution in [3.63, 3.8) is 0 Å². The molecule has 0 saturated heterocycles. The Labute approximate surface area is 149 Å². The molecular formula is C22H24O3. The van der Waals surface area contributed by atoms with E-state index in [0.717, 1.165) is 16.7 Å². The van der Waals surface area contributed by atoms with Crippen LogP contribution in [0.3, 0.4) is 0 Å². The number of rotatable bonds is 7. The Bertz CT molecular complexity index is 628. The van der Waals surface area contributed by atoms with Gasteiger partial charge < -0.3 is 14.6 Å². The molecule has 3 aromatic rings. The summed E-state index contributed by atoms with van der Waals surface area (Å²) in [5, 5.41) is 8.54. The summed E-state index contributed by atoms with van der Waals surface area (Å²) in [6, 6.07) is 29.7. The maximum absolute atomic E-state index is 8.54. The van der Waals surface area contributed by atoms with Crippen molar-refractivity contribution >= 4 is 0 Å². The first kappa shape index (κ1) is 18.9. The molecule has 0 spiro atoms. The monoisotopic (exact) mass is 336 g/mol. The molecule has 3 rings (SSSR count). The molecule has 0 bridgehead atoms. The van der Waals surface area contributed by atoms with Gasteiger partial charge in [0, 0.05) is 0 Å². The van der Waals surface area contributed by atoms with E-state index < -0.39 is 0 Å². The standard InChI is InChI=1S/C15H16O2.C7H8O/c1-3-7-14(8-4-1)11-16-13-17-12-15-9-5-2-6-10-15;8-6-7-4-2-1-3-5-7/h1-10H,11-13H2;1-5,8H,6H2. The highest BCUT2D eigenvalue weighted by molar-refractivity contribution is 5.14. The molecule has 0 aliphatic heterocycles. The van der Waals surface area contributed by atoms with E-state index in [4.69, 9.17) is 14.6 Å². The lowest BCUT2D eigenvalue weighted by atomic mass is 10.2. The molecule has 0 aliphatic carbocycles. The van der Waals surface area contributed by atoms with E-state index in [9.17, 15) is 0 Å². The first-order valence-electron chi connectivity index (χ1n) is 8.26. The minimum absolute atomic E-state index is 0.140. The molecule has 3 aromatic carbocycles. The maximum atomic E-state index is 8.54. The quantitative estimate of drug-likeness (QED) is 0.508. The van der Waals surface area contributed by atoms with Crippen molar-refractivity contribution in [3.05, 3.63) is 108 Å². The fourth-order valence-corrected chi connectivity index (χ4v) is 2.11. The normalized spacial score (nSPS) is 9.96. The van der Waals surface area contributed by atoms with Gasteiger partial charge in [0.2, 0.25) is 0 Å². The van der Waals surface area contributed by atoms with E-state index in [0.29, 0.717) is 20.0 Å². The van der Waals surface area contributed by atoms with Gasteiger partial charge in [0.25, 0.3) is 0 Å². The molecule has 0 atom stereocenters. The lowest BCUT2D eigenvalue weighted by molar-refractivity contribution is -0.0689. The Morgan fingerprint density at radius 3 is 1.20 bits per heavy atom. The zero-order valence-electron chi connectivity index (χ0n) is 14.3. The molecule has 0 aromatic heterocycles. The third-order valence-corrected chi connectivity index (χ3v) is 3.42. The second-order valence-electron chi connectivity index (χ2n) is 5.43. The largest absolute Gasteiger partial charge is 0.392 e. The van der Waals surface area contributed by atoms with Crippen LogP contribution in [0.5, 0.6) is 0 Å². The molecule has 0 fully saturated rings. The molecular weight excluding hydrogens is 312 g/mol. The average Bonchev–Trinajstić information content (AvgIpc) is 2.70. The van der Waals surface area contributed by atoms with Crippen LogP contribution in [0.25, 0.3) is 0 Å². The molecule has 25 heavy (non-hydrogen) atoms. The van der Waals surface area contributed by atoms with Crippen molar-refractivity contribution in [3.8, 4) is 0 Å². The summed E-state index contributed by atoms with van der Waals surface area (Å²) < 4.78 is 10.8. The SMILES string of the molecule is OCc1ccccc1.c1ccc(COCOCc2ccccc2)cc1. The van der Waals surface area contributed by atoms with Crippen molar-refractivity contribution in [2.24, 2.45) is 0 Å². The molecule has 0 amide bonds. The Morgan fingerprint density at radius 1 is 0.520 bits per heavy atom. The van der Waals surface area contributed by atoms with Gasteiger partial charge in [-0.05, 0) is 16.7 Å². The minimum Gasteiger partial charge on any atom is -0.392 e. The molecule has 3 nitrogen and oxygen atoms in total. The zero-order chi connectivity index (χ0) is 17.6. The van der Waals surface area contributed by atoms with E-state index >= 15 is 0 Å². The molecule has 0 heterocycles. The van der Waals surface area contributed by atoms with Gasteiger partial charge >= 0.3 is 0 Å². The number of hydrogen-bond acceptors (Lipinski definition) is 3. The molecule has 130 valence electrons. The summed E-state index contributed by atoms with van der Waals surface area (Å²) >= 11 is 0. The lowest BCUT2D eigenvalue weighted by Gasteiger charge is -2.05. The Kier molecular flexibility index (Phi) is 9.05. The van der Waals surface area contributed by atoms with E-state index in [2.05, 4.69) is 0 Å². The van der Waals surface area contributed by atoms with Crippen LogP contribution in [0.1, 0.15) is 16.7 Å². The van der Waals surface area contributed by atoms with Crippen LogP contribution in [0.2, 0.25) is 0 Å². The molecule has 0 unspecified atom stereocenters. The van der Waals surface area contributed by atoms with Crippen molar-refractivity contribution in [1.29, 1.82) is 0 Å². The summed E-state index contributed by atoms with van der Waals surface area (Å²) in [5.41, 5.74) is 3.29. The second kappa shape index (κ2) is 12.0. The minimum atomic E-state index is 0.140. The summed E-state index contributed by atoms with van der Waals surface area (Å²) in [6.07, 6.45) is 0. The Hall–Kier alpha value is -2.46. The third-order valence-electron chi connectivity index (χ3n) is 3.42. The van der Waals surface area contributed by atoms with Crippen LogP contribution in [0, 0.1) is 0 Å². The van der Waals surface area contributed by atoms with Gasteiger partial charge in [-0.3, -0.25) is 0 Å². The fraction of sp³-hybridized carbons (Fsp3) is 0.182. The van der Waals surface area contributed by atoms with Crippen molar-refractivity contribution < 1.29 is 14.6 Å². The number of benzene rings is 3. The summed E-state index contributed by atoms with van der Waals surface area (Å²) in [5.74, 6) is 0. The number of aliphatic hydroxyl groups excluding tert-OH is 1. The number of aliphatic hydroxyl groups is 1. The molecule has 0 saturated carbocycles. The summed E-state index contributed by atoms with van der Waals surface area (Å²) in [4.78, 5) is 0. The fourth-order valence-electron chi connectivity index (χ4n) is 2.11. The van der Waals surface area contributed by atoms with Gasteiger partial charge in [0.15, 0.2) is 0 Å². The summed E-state index contributed by atoms with van der Waals surface area (Å²) in [6.45, 7) is 1.65. The molecule has 0 aliphatic rings. The van der Waals surface area contributed by atoms with Gasteiger partial charge in [0.05, 0.1) is 19.8 Å². The first-order valence-corrected chi connectivity index (χ1v) is 8.26. The van der Waals surface area contributed by atoms with Crippen LogP contribution >= 0.6 is 0 Å². The van der Waals surface area contributed by atoms with E-state index in [1.807, 2.05) is 91.0 Å². The van der Waals surface area contributed by atoms with Gasteiger partial charge in [-0.2, -0.15) is 0 Å². The number of hydrogen-bond donors (Lipinski definition) is 1. The second-order valence-corrected chi connectivity index (χ2v) is 5.43. The van der Waals surface area contributed by atoms with Crippen LogP contribution in [-0.2, 0) is 29.3 Å². The van der Waals surface area contributed by atoms with Crippen LogP contribution in [0.15, 0.2) is 91.0 Å². The first-order chi connectivity index (χ1) is 12.4. The predicted molar refractivity (Wildman–Crippen MR) is 99.7 cm³/mol. The van der Waals surface area contributed by atoms with E-state index in [1.54, 1.807) is 0 Å². The van der Waals surface area contributed by atoms with Crippen molar-refractivity contribution in [2.45, 2.75) is 19.8 Å². The highest BCUT2D eigenvalue weighted by atomic mass is 16.7. The zero-order valence-corrected chi connectivity index (χ0v) is 14.3. The highest BCUT2D eigenvalue weighted by Crippen LogP contribution is 2.03. The highest BCUT2D eigenvalue weighted by Gasteiger charge is 1.93. The van der Waals surface area contributed by atoms with Crippen molar-refractivity contribution in [2.75, 3.05) is 6.79 Å². The smallest absolute Gasteiger partial charge is 0.147 e. The summed E-state index contributed by atoms with van der Waals surface area (Å²) in [7, 11) is 0. The predicted octanol–water partition coefficient (Wildman–Crippen LogP) is 4.56. The topological polar surface area (TPSA) is 38.7 Å². The van der Waals surface area contributed by atoms with Gasteiger partial charge in [-0.1, -0.05) is 91.0 Å². The van der Waals surface area contributed by atoms with Gasteiger partial charge in [-0.15, -0.1) is 0 Å². The van der Waals surface area contributed by atoms with Crippen LogP contribution in [-0.4, -0.2) is 11.9 Å². The molecule has 3 heteroatoms. The average molecular weight is 336 g/mol. The maximum Gasteiger partial charge on any atom is 0.147 e. The van der Waals surface area contributed by atoms with Crippen LogP contribution < -0.4 is 0 Å². The Balaban J connectivity index is 0.000000236. The van der Waals surface area contributed by atoms with Crippen molar-refractivity contribution in [1.82, 2.24) is 0 Å².